The molecule has 0 saturated carbocycles. The number of nitrogens with one attached hydrogen (secondary N) is 1. The van der Waals surface area contributed by atoms with Gasteiger partial charge < -0.3 is 5.32 Å². The minimum Gasteiger partial charge on any atom is -0.352 e. The minimum absolute atomic E-state index is 0.175. The van der Waals surface area contributed by atoms with Gasteiger partial charge in [0, 0.05) is 23.5 Å². The zero-order chi connectivity index (χ0) is 8.10. The molecule has 4 heteroatoms. The average Bonchev–Trinajstić information content (AvgIpc) is 2.40. The Balaban J connectivity index is 2.13. The molecule has 11 heavy (non-hydrogen) atoms. The summed E-state index contributed by atoms with van der Waals surface area (Å²) >= 11 is 5.15. The van der Waals surface area contributed by atoms with E-state index in [0.717, 1.165) is 17.5 Å². The molecule has 1 atom stereocenters. The van der Waals surface area contributed by atoms with Crippen LogP contribution in [0.1, 0.15) is 12.8 Å². The van der Waals surface area contributed by atoms with Crippen LogP contribution < -0.4 is 5.32 Å². The van der Waals surface area contributed by atoms with E-state index in [0.29, 0.717) is 12.5 Å². The van der Waals surface area contributed by atoms with Crippen LogP contribution in [0, 0.1) is 0 Å². The molecule has 1 unspecified atom stereocenters. The third-order valence-corrected chi connectivity index (χ3v) is 3.18. The quantitative estimate of drug-likeness (QED) is 0.753. The highest BCUT2D eigenvalue weighted by Gasteiger charge is 2.16. The fourth-order valence-electron chi connectivity index (χ4n) is 1.03. The number of alkyl halides is 1. The Bertz CT molecular complexity index is 136. The predicted octanol–water partition coefficient (Wildman–Crippen LogP) is 1.39. The highest BCUT2D eigenvalue weighted by Crippen LogP contribution is 2.16. The van der Waals surface area contributed by atoms with Crippen LogP contribution in [-0.4, -0.2) is 28.8 Å². The van der Waals surface area contributed by atoms with Gasteiger partial charge in [0.2, 0.25) is 5.91 Å². The zero-order valence-electron chi connectivity index (χ0n) is 6.31. The summed E-state index contributed by atoms with van der Waals surface area (Å²) in [5.74, 6) is 2.46. The number of carbonyl (C=O) groups is 1. The molecule has 0 spiro atoms. The Hall–Kier alpha value is 0.300. The Morgan fingerprint density at radius 1 is 1.73 bits per heavy atom. The Kier molecular flexibility index (Phi) is 4.30. The highest BCUT2D eigenvalue weighted by molar-refractivity contribution is 9.09. The fourth-order valence-corrected chi connectivity index (χ4v) is 2.55. The van der Waals surface area contributed by atoms with E-state index in [2.05, 4.69) is 21.2 Å². The first-order valence-corrected chi connectivity index (χ1v) is 6.03. The standard InChI is InChI=1S/C7H12BrNOS/c8-3-1-7(10)9-6-2-4-11-5-6/h6H,1-5H2,(H,9,10). The maximum absolute atomic E-state index is 11.0. The van der Waals surface area contributed by atoms with Crippen LogP contribution in [0.25, 0.3) is 0 Å². The molecule has 0 aliphatic carbocycles. The van der Waals surface area contributed by atoms with Crippen molar-refractivity contribution in [3.8, 4) is 0 Å². The lowest BCUT2D eigenvalue weighted by atomic mass is 10.2. The van der Waals surface area contributed by atoms with Crippen molar-refractivity contribution in [2.75, 3.05) is 16.8 Å². The lowest BCUT2D eigenvalue weighted by Gasteiger charge is -2.09. The maximum Gasteiger partial charge on any atom is 0.221 e. The number of hydrogen-bond donors (Lipinski definition) is 1. The summed E-state index contributed by atoms with van der Waals surface area (Å²) in [6.45, 7) is 0. The van der Waals surface area contributed by atoms with Crippen LogP contribution in [0.5, 0.6) is 0 Å². The van der Waals surface area contributed by atoms with Crippen molar-refractivity contribution in [3.05, 3.63) is 0 Å². The molecule has 1 saturated heterocycles. The lowest BCUT2D eigenvalue weighted by molar-refractivity contribution is -0.121. The zero-order valence-corrected chi connectivity index (χ0v) is 8.71. The van der Waals surface area contributed by atoms with Gasteiger partial charge in [-0.05, 0) is 12.2 Å². The molecule has 1 amide bonds. The molecule has 0 bridgehead atoms. The molecule has 0 aromatic heterocycles. The largest absolute Gasteiger partial charge is 0.352 e. The van der Waals surface area contributed by atoms with Gasteiger partial charge in [-0.15, -0.1) is 0 Å². The van der Waals surface area contributed by atoms with Crippen molar-refractivity contribution in [1.29, 1.82) is 0 Å². The second-order valence-corrected chi connectivity index (χ2v) is 4.51. The lowest BCUT2D eigenvalue weighted by Crippen LogP contribution is -2.34. The second-order valence-electron chi connectivity index (χ2n) is 2.57. The van der Waals surface area contributed by atoms with Crippen molar-refractivity contribution < 1.29 is 4.79 Å². The molecule has 1 fully saturated rings. The van der Waals surface area contributed by atoms with E-state index in [1.807, 2.05) is 11.8 Å². The molecular weight excluding hydrogens is 226 g/mol. The number of amides is 1. The molecule has 1 heterocycles. The van der Waals surface area contributed by atoms with Crippen molar-refractivity contribution in [2.45, 2.75) is 18.9 Å². The van der Waals surface area contributed by atoms with E-state index in [1.165, 1.54) is 5.75 Å². The monoisotopic (exact) mass is 237 g/mol. The van der Waals surface area contributed by atoms with Gasteiger partial charge in [0.1, 0.15) is 0 Å². The molecule has 1 N–H and O–H groups in total. The summed E-state index contributed by atoms with van der Waals surface area (Å²) in [5, 5.41) is 3.75. The van der Waals surface area contributed by atoms with Gasteiger partial charge in [0.05, 0.1) is 0 Å². The Morgan fingerprint density at radius 3 is 3.09 bits per heavy atom. The average molecular weight is 238 g/mol. The van der Waals surface area contributed by atoms with E-state index >= 15 is 0 Å². The molecule has 0 radical (unpaired) electrons. The van der Waals surface area contributed by atoms with Crippen LogP contribution in [0.15, 0.2) is 0 Å². The molecule has 1 rings (SSSR count). The predicted molar refractivity (Wildman–Crippen MR) is 52.3 cm³/mol. The van der Waals surface area contributed by atoms with Crippen LogP contribution in [0.3, 0.4) is 0 Å². The summed E-state index contributed by atoms with van der Waals surface area (Å²) in [7, 11) is 0. The Labute approximate surface area is 79.6 Å². The third-order valence-electron chi connectivity index (χ3n) is 1.62. The topological polar surface area (TPSA) is 29.1 Å². The van der Waals surface area contributed by atoms with Gasteiger partial charge in [0.15, 0.2) is 0 Å². The molecule has 64 valence electrons. The summed E-state index contributed by atoms with van der Waals surface area (Å²) in [5.41, 5.74) is 0. The number of hydrogen-bond acceptors (Lipinski definition) is 2. The minimum atomic E-state index is 0.175. The van der Waals surface area contributed by atoms with Crippen molar-refractivity contribution in [2.24, 2.45) is 0 Å². The molecule has 0 aromatic carbocycles. The molecule has 0 aromatic rings. The summed E-state index contributed by atoms with van der Waals surface area (Å²) in [6, 6.07) is 0.437. The first-order valence-electron chi connectivity index (χ1n) is 3.76. The summed E-state index contributed by atoms with van der Waals surface area (Å²) in [4.78, 5) is 11.0. The first kappa shape index (κ1) is 9.39. The van der Waals surface area contributed by atoms with Gasteiger partial charge in [0.25, 0.3) is 0 Å². The third kappa shape index (κ3) is 3.47. The number of rotatable bonds is 3. The van der Waals surface area contributed by atoms with Crippen LogP contribution in [-0.2, 0) is 4.79 Å². The number of thioether (sulfide) groups is 1. The van der Waals surface area contributed by atoms with Crippen LogP contribution in [0.4, 0.5) is 0 Å². The normalized spacial score (nSPS) is 23.5. The fraction of sp³-hybridized carbons (Fsp3) is 0.857. The van der Waals surface area contributed by atoms with Gasteiger partial charge >= 0.3 is 0 Å². The first-order chi connectivity index (χ1) is 5.33. The van der Waals surface area contributed by atoms with Gasteiger partial charge in [-0.25, -0.2) is 0 Å². The summed E-state index contributed by atoms with van der Waals surface area (Å²) < 4.78 is 0. The number of carbonyl (C=O) groups excluding carboxylic acids is 1. The second kappa shape index (κ2) is 5.04. The van der Waals surface area contributed by atoms with Gasteiger partial charge in [-0.1, -0.05) is 15.9 Å². The summed E-state index contributed by atoms with van der Waals surface area (Å²) in [6.07, 6.45) is 1.74. The van der Waals surface area contributed by atoms with Crippen molar-refractivity contribution in [3.63, 3.8) is 0 Å². The van der Waals surface area contributed by atoms with E-state index < -0.39 is 0 Å². The SMILES string of the molecule is O=C(CCBr)NC1CCSC1. The van der Waals surface area contributed by atoms with Gasteiger partial charge in [-0.2, -0.15) is 11.8 Å². The molecule has 2 nitrogen and oxygen atoms in total. The Morgan fingerprint density at radius 2 is 2.55 bits per heavy atom. The van der Waals surface area contributed by atoms with E-state index in [4.69, 9.17) is 0 Å². The van der Waals surface area contributed by atoms with Crippen LogP contribution in [0.2, 0.25) is 0 Å². The van der Waals surface area contributed by atoms with Crippen molar-refractivity contribution in [1.82, 2.24) is 5.32 Å². The number of halogens is 1. The molecule has 1 aliphatic rings. The van der Waals surface area contributed by atoms with E-state index in [-0.39, 0.29) is 5.91 Å². The van der Waals surface area contributed by atoms with Crippen LogP contribution >= 0.6 is 27.7 Å². The highest BCUT2D eigenvalue weighted by atomic mass is 79.9. The smallest absolute Gasteiger partial charge is 0.221 e. The van der Waals surface area contributed by atoms with Gasteiger partial charge in [-0.3, -0.25) is 4.79 Å². The molecular formula is C7H12BrNOS. The van der Waals surface area contributed by atoms with E-state index in [1.54, 1.807) is 0 Å². The van der Waals surface area contributed by atoms with E-state index in [9.17, 15) is 4.79 Å². The maximum atomic E-state index is 11.0. The van der Waals surface area contributed by atoms with Crippen molar-refractivity contribution >= 4 is 33.6 Å². The molecule has 1 aliphatic heterocycles.